The lowest BCUT2D eigenvalue weighted by Gasteiger charge is -2.42. The van der Waals surface area contributed by atoms with Gasteiger partial charge in [0.1, 0.15) is 11.4 Å². The third kappa shape index (κ3) is 6.77. The maximum atomic E-state index is 12.9. The number of amides is 1. The van der Waals surface area contributed by atoms with E-state index in [1.165, 1.54) is 6.92 Å². The van der Waals surface area contributed by atoms with Crippen LogP contribution in [0.5, 0.6) is 0 Å². The zero-order chi connectivity index (χ0) is 22.0. The van der Waals surface area contributed by atoms with Crippen molar-refractivity contribution < 1.29 is 27.5 Å². The molecule has 1 aromatic rings. The fourth-order valence-corrected chi connectivity index (χ4v) is 4.07. The number of hydrogen-bond donors (Lipinski definition) is 0. The van der Waals surface area contributed by atoms with Gasteiger partial charge in [-0.3, -0.25) is 4.79 Å². The maximum Gasteiger partial charge on any atom is 0.417 e. The van der Waals surface area contributed by atoms with Crippen LogP contribution in [-0.2, 0) is 15.7 Å². The summed E-state index contributed by atoms with van der Waals surface area (Å²) in [7, 11) is 0. The lowest BCUT2D eigenvalue weighted by atomic mass is 10.1. The standard InChI is InChI=1S/C18H23BrF3N3O3S/c1-11(26)29-10-13-9-24(16(27)28-17(2,3)4)5-6-25(13)15-14(19)7-12(8-23-15)18(20,21)22/h7-8,13H,5-6,9-10H2,1-4H3. The first-order chi connectivity index (χ1) is 13.3. The minimum atomic E-state index is -4.49. The van der Waals surface area contributed by atoms with Crippen molar-refractivity contribution in [2.24, 2.45) is 0 Å². The molecule has 1 aliphatic heterocycles. The van der Waals surface area contributed by atoms with Crippen LogP contribution in [0, 0.1) is 0 Å². The Bertz CT molecular complexity index is 771. The highest BCUT2D eigenvalue weighted by Gasteiger charge is 2.35. The van der Waals surface area contributed by atoms with Crippen LogP contribution < -0.4 is 4.90 Å². The van der Waals surface area contributed by atoms with E-state index in [1.54, 1.807) is 25.7 Å². The largest absolute Gasteiger partial charge is 0.444 e. The molecule has 0 aromatic carbocycles. The van der Waals surface area contributed by atoms with Crippen LogP contribution in [0.2, 0.25) is 0 Å². The highest BCUT2D eigenvalue weighted by Crippen LogP contribution is 2.35. The fourth-order valence-electron chi connectivity index (χ4n) is 2.78. The number of nitrogens with zero attached hydrogens (tertiary/aromatic N) is 3. The van der Waals surface area contributed by atoms with Crippen molar-refractivity contribution in [3.63, 3.8) is 0 Å². The van der Waals surface area contributed by atoms with Crippen LogP contribution in [0.25, 0.3) is 0 Å². The van der Waals surface area contributed by atoms with Gasteiger partial charge in [0.05, 0.1) is 16.1 Å². The Morgan fingerprint density at radius 2 is 1.97 bits per heavy atom. The summed E-state index contributed by atoms with van der Waals surface area (Å²) in [5.41, 5.74) is -1.49. The Labute approximate surface area is 180 Å². The van der Waals surface area contributed by atoms with Gasteiger partial charge in [0.2, 0.25) is 0 Å². The molecule has 0 N–H and O–H groups in total. The molecule has 1 aliphatic rings. The summed E-state index contributed by atoms with van der Waals surface area (Å²) < 4.78 is 44.4. The van der Waals surface area contributed by atoms with Crippen LogP contribution >= 0.6 is 27.7 Å². The quantitative estimate of drug-likeness (QED) is 0.609. The number of hydrogen-bond acceptors (Lipinski definition) is 6. The minimum absolute atomic E-state index is 0.0845. The summed E-state index contributed by atoms with van der Waals surface area (Å²) >= 11 is 4.28. The minimum Gasteiger partial charge on any atom is -0.444 e. The topological polar surface area (TPSA) is 62.7 Å². The van der Waals surface area contributed by atoms with Gasteiger partial charge >= 0.3 is 12.3 Å². The maximum absolute atomic E-state index is 12.9. The first kappa shape index (κ1) is 23.8. The monoisotopic (exact) mass is 497 g/mol. The van der Waals surface area contributed by atoms with Gasteiger partial charge in [-0.05, 0) is 42.8 Å². The summed E-state index contributed by atoms with van der Waals surface area (Å²) in [5.74, 6) is 0.708. The van der Waals surface area contributed by atoms with Crippen molar-refractivity contribution >= 4 is 44.7 Å². The molecule has 2 rings (SSSR count). The molecule has 162 valence electrons. The lowest BCUT2D eigenvalue weighted by Crippen LogP contribution is -2.57. The number of piperazine rings is 1. The normalized spacial score (nSPS) is 18.0. The molecule has 0 saturated carbocycles. The van der Waals surface area contributed by atoms with Crippen molar-refractivity contribution in [2.45, 2.75) is 45.5 Å². The molecule has 1 fully saturated rings. The number of carbonyl (C=O) groups excluding carboxylic acids is 2. The number of aromatic nitrogens is 1. The van der Waals surface area contributed by atoms with Gasteiger partial charge in [0.25, 0.3) is 0 Å². The predicted molar refractivity (Wildman–Crippen MR) is 109 cm³/mol. The Kier molecular flexibility index (Phi) is 7.47. The molecule has 29 heavy (non-hydrogen) atoms. The van der Waals surface area contributed by atoms with Crippen molar-refractivity contribution in [1.82, 2.24) is 9.88 Å². The summed E-state index contributed by atoms with van der Waals surface area (Å²) in [6.07, 6.45) is -4.17. The van der Waals surface area contributed by atoms with Crippen molar-refractivity contribution in [1.29, 1.82) is 0 Å². The van der Waals surface area contributed by atoms with E-state index in [2.05, 4.69) is 20.9 Å². The van der Waals surface area contributed by atoms with Gasteiger partial charge in [-0.25, -0.2) is 9.78 Å². The van der Waals surface area contributed by atoms with Crippen LogP contribution in [0.4, 0.5) is 23.8 Å². The molecule has 1 unspecified atom stereocenters. The first-order valence-corrected chi connectivity index (χ1v) is 10.7. The molecule has 1 aromatic heterocycles. The number of alkyl halides is 3. The third-order valence-corrected chi connectivity index (χ3v) is 5.58. The zero-order valence-corrected chi connectivity index (χ0v) is 18.9. The fraction of sp³-hybridized carbons (Fsp3) is 0.611. The number of rotatable bonds is 3. The van der Waals surface area contributed by atoms with Gasteiger partial charge in [0.15, 0.2) is 5.12 Å². The third-order valence-electron chi connectivity index (χ3n) is 4.03. The van der Waals surface area contributed by atoms with Crippen molar-refractivity contribution in [3.05, 3.63) is 22.3 Å². The van der Waals surface area contributed by atoms with E-state index in [0.717, 1.165) is 24.0 Å². The summed E-state index contributed by atoms with van der Waals surface area (Å²) in [5, 5.41) is -0.0845. The number of halogens is 4. The summed E-state index contributed by atoms with van der Waals surface area (Å²) in [6.45, 7) is 7.69. The molecule has 0 radical (unpaired) electrons. The second-order valence-electron chi connectivity index (χ2n) is 7.60. The first-order valence-electron chi connectivity index (χ1n) is 8.88. The Morgan fingerprint density at radius 1 is 1.31 bits per heavy atom. The van der Waals surface area contributed by atoms with E-state index in [-0.39, 0.29) is 22.2 Å². The zero-order valence-electron chi connectivity index (χ0n) is 16.5. The van der Waals surface area contributed by atoms with E-state index >= 15 is 0 Å². The van der Waals surface area contributed by atoms with Crippen LogP contribution in [0.1, 0.15) is 33.3 Å². The Hall–Kier alpha value is -1.49. The van der Waals surface area contributed by atoms with E-state index in [9.17, 15) is 22.8 Å². The smallest absolute Gasteiger partial charge is 0.417 e. The van der Waals surface area contributed by atoms with Gasteiger partial charge in [0, 0.05) is 38.5 Å². The SMILES string of the molecule is CC(=O)SCC1CN(C(=O)OC(C)(C)C)CCN1c1ncc(C(F)(F)F)cc1Br. The molecular weight excluding hydrogens is 475 g/mol. The lowest BCUT2D eigenvalue weighted by molar-refractivity contribution is -0.137. The molecular formula is C18H23BrF3N3O3S. The number of ether oxygens (including phenoxy) is 1. The van der Waals surface area contributed by atoms with Gasteiger partial charge in [-0.15, -0.1) is 0 Å². The molecule has 0 aliphatic carbocycles. The Balaban J connectivity index is 2.24. The van der Waals surface area contributed by atoms with Gasteiger partial charge in [-0.1, -0.05) is 11.8 Å². The van der Waals surface area contributed by atoms with Crippen LogP contribution in [0.15, 0.2) is 16.7 Å². The second-order valence-corrected chi connectivity index (χ2v) is 9.65. The van der Waals surface area contributed by atoms with Crippen molar-refractivity contribution in [2.75, 3.05) is 30.3 Å². The average molecular weight is 498 g/mol. The molecule has 1 atom stereocenters. The molecule has 1 saturated heterocycles. The van der Waals surface area contributed by atoms with Crippen LogP contribution in [0.3, 0.4) is 0 Å². The molecule has 0 spiro atoms. The second kappa shape index (κ2) is 9.11. The molecule has 2 heterocycles. The highest BCUT2D eigenvalue weighted by molar-refractivity contribution is 9.10. The van der Waals surface area contributed by atoms with E-state index in [1.807, 2.05) is 4.90 Å². The van der Waals surface area contributed by atoms with Gasteiger partial charge < -0.3 is 14.5 Å². The van der Waals surface area contributed by atoms with Crippen LogP contribution in [-0.4, -0.2) is 58.1 Å². The number of carbonyl (C=O) groups is 2. The number of anilines is 1. The highest BCUT2D eigenvalue weighted by atomic mass is 79.9. The summed E-state index contributed by atoms with van der Waals surface area (Å²) in [4.78, 5) is 31.2. The van der Waals surface area contributed by atoms with E-state index in [4.69, 9.17) is 4.74 Å². The summed E-state index contributed by atoms with van der Waals surface area (Å²) in [6, 6.07) is 0.670. The molecule has 11 heteroatoms. The number of pyridine rings is 1. The molecule has 1 amide bonds. The van der Waals surface area contributed by atoms with E-state index in [0.29, 0.717) is 24.7 Å². The van der Waals surface area contributed by atoms with Gasteiger partial charge in [-0.2, -0.15) is 13.2 Å². The van der Waals surface area contributed by atoms with E-state index < -0.39 is 23.4 Å². The number of thioether (sulfide) groups is 1. The predicted octanol–water partition coefficient (Wildman–Crippen LogP) is 4.57. The molecule has 0 bridgehead atoms. The Morgan fingerprint density at radius 3 is 2.48 bits per heavy atom. The molecule has 6 nitrogen and oxygen atoms in total. The average Bonchev–Trinajstić information content (AvgIpc) is 2.57. The van der Waals surface area contributed by atoms with Crippen molar-refractivity contribution in [3.8, 4) is 0 Å².